The maximum atomic E-state index is 12.8. The average molecular weight is 374 g/mol. The van der Waals surface area contributed by atoms with Crippen molar-refractivity contribution < 1.29 is 19.4 Å². The van der Waals surface area contributed by atoms with Gasteiger partial charge in [0.1, 0.15) is 18.0 Å². The van der Waals surface area contributed by atoms with Crippen LogP contribution in [-0.4, -0.2) is 66.5 Å². The lowest BCUT2D eigenvalue weighted by atomic mass is 9.98. The van der Waals surface area contributed by atoms with Crippen molar-refractivity contribution in [2.75, 3.05) is 26.3 Å². The van der Waals surface area contributed by atoms with E-state index in [9.17, 15) is 9.90 Å². The zero-order chi connectivity index (χ0) is 18.6. The van der Waals surface area contributed by atoms with Crippen LogP contribution < -0.4 is 10.1 Å². The number of carbonyl (C=O) groups is 1. The second-order valence-corrected chi connectivity index (χ2v) is 7.93. The summed E-state index contributed by atoms with van der Waals surface area (Å²) in [6.45, 7) is 3.26. The first-order valence-corrected chi connectivity index (χ1v) is 10.2. The van der Waals surface area contributed by atoms with Gasteiger partial charge >= 0.3 is 0 Å². The van der Waals surface area contributed by atoms with Crippen LogP contribution in [0.2, 0.25) is 0 Å². The van der Waals surface area contributed by atoms with Gasteiger partial charge in [0.15, 0.2) is 0 Å². The first-order chi connectivity index (χ1) is 13.2. The van der Waals surface area contributed by atoms with Crippen LogP contribution in [0.1, 0.15) is 32.1 Å². The van der Waals surface area contributed by atoms with Crippen LogP contribution in [0.3, 0.4) is 0 Å². The van der Waals surface area contributed by atoms with Crippen LogP contribution in [0.4, 0.5) is 0 Å². The van der Waals surface area contributed by atoms with Gasteiger partial charge < -0.3 is 19.9 Å². The van der Waals surface area contributed by atoms with Gasteiger partial charge in [0.2, 0.25) is 5.91 Å². The molecule has 3 aliphatic rings. The molecule has 2 heterocycles. The van der Waals surface area contributed by atoms with Crippen molar-refractivity contribution in [3.05, 3.63) is 30.3 Å². The minimum atomic E-state index is -0.608. The molecule has 6 nitrogen and oxygen atoms in total. The third kappa shape index (κ3) is 4.28. The Balaban J connectivity index is 1.46. The minimum absolute atomic E-state index is 0.0178. The van der Waals surface area contributed by atoms with Crippen molar-refractivity contribution in [2.24, 2.45) is 5.92 Å². The molecule has 3 fully saturated rings. The molecule has 2 aliphatic heterocycles. The molecular formula is C21H30N2O4. The van der Waals surface area contributed by atoms with E-state index in [2.05, 4.69) is 10.2 Å². The van der Waals surface area contributed by atoms with E-state index in [4.69, 9.17) is 9.47 Å². The molecule has 1 aromatic carbocycles. The number of ether oxygens (including phenoxy) is 2. The molecule has 1 aliphatic carbocycles. The Morgan fingerprint density at radius 2 is 1.85 bits per heavy atom. The lowest BCUT2D eigenvalue weighted by molar-refractivity contribution is -0.129. The normalized spacial score (nSPS) is 32.5. The Morgan fingerprint density at radius 1 is 1.15 bits per heavy atom. The summed E-state index contributed by atoms with van der Waals surface area (Å²) >= 11 is 0. The minimum Gasteiger partial charge on any atom is -0.488 e. The molecule has 0 spiro atoms. The average Bonchev–Trinajstić information content (AvgIpc) is 3.32. The summed E-state index contributed by atoms with van der Waals surface area (Å²) in [5.41, 5.74) is 0. The standard InChI is InChI=1S/C21H30N2O4/c24-20-18(27-16-6-2-1-3-7-16)14-17(19(20)23-10-4-5-11-23)22-21(25)15-8-12-26-13-9-15/h1-3,6-7,15,17-20,24H,4-5,8-14H2,(H,22,25)/t17-,18-,19+,20+/m1/s1. The van der Waals surface area contributed by atoms with Gasteiger partial charge in [-0.2, -0.15) is 0 Å². The molecule has 148 valence electrons. The van der Waals surface area contributed by atoms with Gasteiger partial charge in [-0.15, -0.1) is 0 Å². The second-order valence-electron chi connectivity index (χ2n) is 7.93. The fourth-order valence-electron chi connectivity index (χ4n) is 4.69. The molecule has 27 heavy (non-hydrogen) atoms. The van der Waals surface area contributed by atoms with E-state index in [1.54, 1.807) is 0 Å². The van der Waals surface area contributed by atoms with Gasteiger partial charge in [-0.05, 0) is 50.9 Å². The van der Waals surface area contributed by atoms with E-state index in [1.807, 2.05) is 30.3 Å². The molecular weight excluding hydrogens is 344 g/mol. The lowest BCUT2D eigenvalue weighted by Gasteiger charge is -2.33. The molecule has 1 amide bonds. The van der Waals surface area contributed by atoms with Gasteiger partial charge in [-0.3, -0.25) is 9.69 Å². The van der Waals surface area contributed by atoms with Gasteiger partial charge in [-0.1, -0.05) is 18.2 Å². The van der Waals surface area contributed by atoms with E-state index in [-0.39, 0.29) is 30.0 Å². The second kappa shape index (κ2) is 8.59. The molecule has 1 saturated carbocycles. The number of nitrogens with zero attached hydrogens (tertiary/aromatic N) is 1. The zero-order valence-corrected chi connectivity index (χ0v) is 15.8. The summed E-state index contributed by atoms with van der Waals surface area (Å²) in [4.78, 5) is 15.1. The molecule has 4 rings (SSSR count). The van der Waals surface area contributed by atoms with Crippen LogP contribution in [-0.2, 0) is 9.53 Å². The van der Waals surface area contributed by atoms with E-state index in [0.717, 1.165) is 44.5 Å². The number of aliphatic hydroxyl groups excluding tert-OH is 1. The monoisotopic (exact) mass is 374 g/mol. The number of hydrogen-bond acceptors (Lipinski definition) is 5. The summed E-state index contributed by atoms with van der Waals surface area (Å²) in [6, 6.07) is 9.46. The van der Waals surface area contributed by atoms with Gasteiger partial charge in [0.05, 0.1) is 12.1 Å². The van der Waals surface area contributed by atoms with Crippen molar-refractivity contribution in [3.63, 3.8) is 0 Å². The van der Waals surface area contributed by atoms with Gasteiger partial charge in [0.25, 0.3) is 0 Å². The van der Waals surface area contributed by atoms with Crippen molar-refractivity contribution in [2.45, 2.75) is 56.4 Å². The molecule has 0 bridgehead atoms. The quantitative estimate of drug-likeness (QED) is 0.819. The Kier molecular flexibility index (Phi) is 5.95. The molecule has 0 radical (unpaired) electrons. The number of benzene rings is 1. The largest absolute Gasteiger partial charge is 0.488 e. The maximum absolute atomic E-state index is 12.8. The highest BCUT2D eigenvalue weighted by Crippen LogP contribution is 2.31. The number of amides is 1. The first-order valence-electron chi connectivity index (χ1n) is 10.2. The molecule has 2 saturated heterocycles. The molecule has 1 aromatic rings. The summed E-state index contributed by atoms with van der Waals surface area (Å²) in [6.07, 6.45) is 3.56. The zero-order valence-electron chi connectivity index (χ0n) is 15.8. The van der Waals surface area contributed by atoms with E-state index < -0.39 is 6.10 Å². The molecule has 4 atom stereocenters. The number of carbonyl (C=O) groups excluding carboxylic acids is 1. The van der Waals surface area contributed by atoms with Crippen molar-refractivity contribution in [1.82, 2.24) is 10.2 Å². The van der Waals surface area contributed by atoms with Crippen molar-refractivity contribution >= 4 is 5.91 Å². The fraction of sp³-hybridized carbons (Fsp3) is 0.667. The van der Waals surface area contributed by atoms with Crippen molar-refractivity contribution in [1.29, 1.82) is 0 Å². The predicted octanol–water partition coefficient (Wildman–Crippen LogP) is 1.57. The Hall–Kier alpha value is -1.63. The molecule has 2 N–H and O–H groups in total. The molecule has 6 heteroatoms. The van der Waals surface area contributed by atoms with Crippen LogP contribution in [0.15, 0.2) is 30.3 Å². The highest BCUT2D eigenvalue weighted by Gasteiger charge is 2.48. The summed E-state index contributed by atoms with van der Waals surface area (Å²) in [7, 11) is 0. The number of para-hydroxylation sites is 1. The van der Waals surface area contributed by atoms with Crippen LogP contribution in [0.5, 0.6) is 5.75 Å². The van der Waals surface area contributed by atoms with Gasteiger partial charge in [-0.25, -0.2) is 0 Å². The summed E-state index contributed by atoms with van der Waals surface area (Å²) in [5.74, 6) is 0.877. The summed E-state index contributed by atoms with van der Waals surface area (Å²) < 4.78 is 11.5. The SMILES string of the molecule is O=C(N[C@@H]1C[C@@H](Oc2ccccc2)[C@H](O)[C@H]1N1CCCC1)C1CCOCC1. The van der Waals surface area contributed by atoms with E-state index in [0.29, 0.717) is 19.6 Å². The Bertz CT molecular complexity index is 614. The molecule has 0 unspecified atom stereocenters. The number of aliphatic hydroxyl groups is 1. The third-order valence-corrected chi connectivity index (χ3v) is 6.14. The first kappa shape index (κ1) is 18.7. The van der Waals surface area contributed by atoms with Crippen LogP contribution in [0.25, 0.3) is 0 Å². The number of nitrogens with one attached hydrogen (secondary N) is 1. The smallest absolute Gasteiger partial charge is 0.223 e. The third-order valence-electron chi connectivity index (χ3n) is 6.14. The van der Waals surface area contributed by atoms with Crippen LogP contribution in [0, 0.1) is 5.92 Å². The van der Waals surface area contributed by atoms with E-state index in [1.165, 1.54) is 0 Å². The lowest BCUT2D eigenvalue weighted by Crippen LogP contribution is -2.53. The Morgan fingerprint density at radius 3 is 2.56 bits per heavy atom. The molecule has 0 aromatic heterocycles. The maximum Gasteiger partial charge on any atom is 0.223 e. The number of hydrogen-bond donors (Lipinski definition) is 2. The van der Waals surface area contributed by atoms with Crippen LogP contribution >= 0.6 is 0 Å². The predicted molar refractivity (Wildman–Crippen MR) is 102 cm³/mol. The topological polar surface area (TPSA) is 71.0 Å². The van der Waals surface area contributed by atoms with Gasteiger partial charge in [0, 0.05) is 25.6 Å². The van der Waals surface area contributed by atoms with Crippen molar-refractivity contribution in [3.8, 4) is 5.75 Å². The Labute approximate surface area is 160 Å². The fourth-order valence-corrected chi connectivity index (χ4v) is 4.69. The summed E-state index contributed by atoms with van der Waals surface area (Å²) in [5, 5.41) is 14.3. The van der Waals surface area contributed by atoms with E-state index >= 15 is 0 Å². The number of rotatable bonds is 5. The highest BCUT2D eigenvalue weighted by atomic mass is 16.5. The highest BCUT2D eigenvalue weighted by molar-refractivity contribution is 5.79. The number of likely N-dealkylation sites (tertiary alicyclic amines) is 1.